The van der Waals surface area contributed by atoms with Crippen molar-refractivity contribution < 1.29 is 9.59 Å². The minimum Gasteiger partial charge on any atom is -0.353 e. The molecule has 0 bridgehead atoms. The molecule has 2 fully saturated rings. The number of hydrogen-bond acceptors (Lipinski definition) is 3. The molecule has 7 heteroatoms. The van der Waals surface area contributed by atoms with Crippen molar-refractivity contribution in [1.29, 1.82) is 0 Å². The first kappa shape index (κ1) is 23.4. The number of carbonyl (C=O) groups is 2. The van der Waals surface area contributed by atoms with E-state index in [2.05, 4.69) is 21.3 Å². The van der Waals surface area contributed by atoms with Crippen LogP contribution in [-0.2, 0) is 11.3 Å². The molecule has 1 aliphatic carbocycles. The lowest BCUT2D eigenvalue weighted by molar-refractivity contribution is -0.127. The molecule has 2 amide bonds. The predicted molar refractivity (Wildman–Crippen MR) is 139 cm³/mol. The molecule has 3 heterocycles. The molecule has 0 radical (unpaired) electrons. The Bertz CT molecular complexity index is 1160. The number of halogens is 1. The molecular weight excluding hydrogens is 466 g/mol. The standard InChI is InChI=1S/C27H32ClN3O2S/c28-22-9-5-7-19(15-22)17-31-24(16-20-12-14-34-27(20)31)26(33)30-13-6-8-21(18-30)25(32)29-23-10-3-1-2-4-11-23/h5,7,9,12,14-16,21,23H,1-4,6,8,10-11,13,17-18H2,(H,29,32)/t21-/m1/s1. The van der Waals surface area contributed by atoms with Gasteiger partial charge >= 0.3 is 0 Å². The van der Waals surface area contributed by atoms with Crippen LogP contribution in [0.3, 0.4) is 0 Å². The van der Waals surface area contributed by atoms with Crippen LogP contribution in [0.2, 0.25) is 5.02 Å². The Balaban J connectivity index is 1.32. The molecule has 34 heavy (non-hydrogen) atoms. The summed E-state index contributed by atoms with van der Waals surface area (Å²) in [5.41, 5.74) is 1.75. The van der Waals surface area contributed by atoms with Crippen molar-refractivity contribution in [1.82, 2.24) is 14.8 Å². The topological polar surface area (TPSA) is 54.3 Å². The Kier molecular flexibility index (Phi) is 7.26. The zero-order valence-corrected chi connectivity index (χ0v) is 21.0. The molecule has 5 rings (SSSR count). The number of carbonyl (C=O) groups excluding carboxylic acids is 2. The second kappa shape index (κ2) is 10.5. The number of amides is 2. The van der Waals surface area contributed by atoms with Gasteiger partial charge in [0.15, 0.2) is 0 Å². The van der Waals surface area contributed by atoms with Gasteiger partial charge in [-0.1, -0.05) is 49.4 Å². The molecule has 1 saturated heterocycles. The quantitative estimate of drug-likeness (QED) is 0.433. The van der Waals surface area contributed by atoms with Crippen LogP contribution in [0.25, 0.3) is 10.2 Å². The lowest BCUT2D eigenvalue weighted by atomic mass is 9.96. The number of nitrogens with one attached hydrogen (secondary N) is 1. The van der Waals surface area contributed by atoms with E-state index in [1.165, 1.54) is 25.7 Å². The SMILES string of the molecule is O=C(NC1CCCCCC1)[C@@H]1CCCN(C(=O)c2cc3ccsc3n2Cc2cccc(Cl)c2)C1. The van der Waals surface area contributed by atoms with Gasteiger partial charge in [-0.05, 0) is 60.9 Å². The molecule has 1 aliphatic heterocycles. The zero-order chi connectivity index (χ0) is 23.5. The minimum absolute atomic E-state index is 0.0115. The van der Waals surface area contributed by atoms with E-state index < -0.39 is 0 Å². The van der Waals surface area contributed by atoms with E-state index in [1.54, 1.807) is 11.3 Å². The number of likely N-dealkylation sites (tertiary alicyclic amines) is 1. The molecule has 1 saturated carbocycles. The van der Waals surface area contributed by atoms with Crippen molar-refractivity contribution in [2.45, 2.75) is 64.0 Å². The minimum atomic E-state index is -0.126. The second-order valence-electron chi connectivity index (χ2n) is 9.71. The summed E-state index contributed by atoms with van der Waals surface area (Å²) in [7, 11) is 0. The summed E-state index contributed by atoms with van der Waals surface area (Å²) in [5, 5.41) is 7.13. The maximum absolute atomic E-state index is 13.7. The van der Waals surface area contributed by atoms with Crippen LogP contribution in [0, 0.1) is 5.92 Å². The number of benzene rings is 1. The van der Waals surface area contributed by atoms with Gasteiger partial charge < -0.3 is 14.8 Å². The van der Waals surface area contributed by atoms with Crippen molar-refractivity contribution in [3.05, 3.63) is 58.1 Å². The number of fused-ring (bicyclic) bond motifs is 1. The lowest BCUT2D eigenvalue weighted by Gasteiger charge is -2.33. The third-order valence-electron chi connectivity index (χ3n) is 7.23. The third-order valence-corrected chi connectivity index (χ3v) is 8.42. The third kappa shape index (κ3) is 5.18. The van der Waals surface area contributed by atoms with E-state index in [1.807, 2.05) is 35.2 Å². The monoisotopic (exact) mass is 497 g/mol. The molecule has 5 nitrogen and oxygen atoms in total. The van der Waals surface area contributed by atoms with Gasteiger partial charge in [0.25, 0.3) is 5.91 Å². The highest BCUT2D eigenvalue weighted by molar-refractivity contribution is 7.16. The molecule has 180 valence electrons. The maximum atomic E-state index is 13.7. The molecule has 2 aromatic heterocycles. The van der Waals surface area contributed by atoms with Crippen LogP contribution in [0.5, 0.6) is 0 Å². The van der Waals surface area contributed by atoms with Crippen LogP contribution in [-0.4, -0.2) is 40.4 Å². The number of nitrogens with zero attached hydrogens (tertiary/aromatic N) is 2. The lowest BCUT2D eigenvalue weighted by Crippen LogP contribution is -2.47. The number of aromatic nitrogens is 1. The molecule has 0 spiro atoms. The highest BCUT2D eigenvalue weighted by Gasteiger charge is 2.31. The summed E-state index contributed by atoms with van der Waals surface area (Å²) >= 11 is 7.85. The summed E-state index contributed by atoms with van der Waals surface area (Å²) in [6.07, 6.45) is 8.79. The van der Waals surface area contributed by atoms with Gasteiger partial charge in [-0.2, -0.15) is 0 Å². The van der Waals surface area contributed by atoms with E-state index in [0.717, 1.165) is 41.5 Å². The summed E-state index contributed by atoms with van der Waals surface area (Å²) in [4.78, 5) is 29.7. The Morgan fingerprint density at radius 2 is 1.85 bits per heavy atom. The molecule has 3 aromatic rings. The first-order chi connectivity index (χ1) is 16.6. The van der Waals surface area contributed by atoms with E-state index in [9.17, 15) is 9.59 Å². The first-order valence-electron chi connectivity index (χ1n) is 12.5. The first-order valence-corrected chi connectivity index (χ1v) is 13.7. The fourth-order valence-corrected chi connectivity index (χ4v) is 6.52. The van der Waals surface area contributed by atoms with E-state index >= 15 is 0 Å². The van der Waals surface area contributed by atoms with Crippen LogP contribution >= 0.6 is 22.9 Å². The Morgan fingerprint density at radius 1 is 1.03 bits per heavy atom. The van der Waals surface area contributed by atoms with Crippen LogP contribution in [0.15, 0.2) is 41.8 Å². The number of rotatable bonds is 5. The molecule has 0 unspecified atom stereocenters. The Labute approximate surface area is 210 Å². The van der Waals surface area contributed by atoms with Gasteiger partial charge in [-0.3, -0.25) is 9.59 Å². The van der Waals surface area contributed by atoms with Gasteiger partial charge in [0, 0.05) is 36.1 Å². The largest absolute Gasteiger partial charge is 0.353 e. The van der Waals surface area contributed by atoms with Crippen molar-refractivity contribution in [3.63, 3.8) is 0 Å². The normalized spacial score (nSPS) is 19.8. The smallest absolute Gasteiger partial charge is 0.270 e. The van der Waals surface area contributed by atoms with Crippen molar-refractivity contribution >= 4 is 45.0 Å². The summed E-state index contributed by atoms with van der Waals surface area (Å²) in [5.74, 6) is 0.00972. The Hall–Kier alpha value is -2.31. The fraction of sp³-hybridized carbons (Fsp3) is 0.481. The summed E-state index contributed by atoms with van der Waals surface area (Å²) < 4.78 is 2.10. The van der Waals surface area contributed by atoms with Crippen molar-refractivity contribution in [3.8, 4) is 0 Å². The molecule has 1 atom stereocenters. The number of hydrogen-bond donors (Lipinski definition) is 1. The highest BCUT2D eigenvalue weighted by atomic mass is 35.5. The molecule has 1 aromatic carbocycles. The molecular formula is C27H32ClN3O2S. The van der Waals surface area contributed by atoms with Gasteiger partial charge in [-0.25, -0.2) is 0 Å². The maximum Gasteiger partial charge on any atom is 0.270 e. The molecule has 1 N–H and O–H groups in total. The van der Waals surface area contributed by atoms with Crippen LogP contribution in [0.1, 0.15) is 67.4 Å². The van der Waals surface area contributed by atoms with Crippen LogP contribution < -0.4 is 5.32 Å². The second-order valence-corrected chi connectivity index (χ2v) is 11.0. The average molecular weight is 498 g/mol. The van der Waals surface area contributed by atoms with Gasteiger partial charge in [0.2, 0.25) is 5.91 Å². The van der Waals surface area contributed by atoms with E-state index in [0.29, 0.717) is 36.4 Å². The van der Waals surface area contributed by atoms with Gasteiger partial charge in [0.1, 0.15) is 10.5 Å². The fourth-order valence-electron chi connectivity index (χ4n) is 5.41. The van der Waals surface area contributed by atoms with Crippen molar-refractivity contribution in [2.75, 3.05) is 13.1 Å². The van der Waals surface area contributed by atoms with Gasteiger partial charge in [-0.15, -0.1) is 11.3 Å². The highest BCUT2D eigenvalue weighted by Crippen LogP contribution is 2.29. The molecule has 2 aliphatic rings. The summed E-state index contributed by atoms with van der Waals surface area (Å²) in [6.45, 7) is 1.78. The average Bonchev–Trinajstić information content (AvgIpc) is 3.33. The van der Waals surface area contributed by atoms with E-state index in [-0.39, 0.29) is 17.7 Å². The zero-order valence-electron chi connectivity index (χ0n) is 19.5. The van der Waals surface area contributed by atoms with E-state index in [4.69, 9.17) is 11.6 Å². The Morgan fingerprint density at radius 3 is 2.65 bits per heavy atom. The number of thiophene rings is 1. The van der Waals surface area contributed by atoms with Crippen LogP contribution in [0.4, 0.5) is 0 Å². The van der Waals surface area contributed by atoms with Crippen molar-refractivity contribution in [2.24, 2.45) is 5.92 Å². The predicted octanol–water partition coefficient (Wildman–Crippen LogP) is 6.10. The van der Waals surface area contributed by atoms with Gasteiger partial charge in [0.05, 0.1) is 5.92 Å². The summed E-state index contributed by atoms with van der Waals surface area (Å²) in [6, 6.07) is 12.1. The number of piperidine rings is 1.